The van der Waals surface area contributed by atoms with Crippen LogP contribution >= 0.6 is 0 Å². The van der Waals surface area contributed by atoms with E-state index in [1.807, 2.05) is 6.92 Å². The predicted octanol–water partition coefficient (Wildman–Crippen LogP) is 0.759. The van der Waals surface area contributed by atoms with Crippen molar-refractivity contribution in [2.45, 2.75) is 13.5 Å². The van der Waals surface area contributed by atoms with Gasteiger partial charge in [-0.15, -0.1) is 10.2 Å². The highest BCUT2D eigenvalue weighted by Gasteiger charge is 2.02. The molecule has 0 aliphatic rings. The summed E-state index contributed by atoms with van der Waals surface area (Å²) >= 11 is 0. The van der Waals surface area contributed by atoms with E-state index in [-0.39, 0.29) is 0 Å². The smallest absolute Gasteiger partial charge is 0.240 e. The molecule has 6 nitrogen and oxygen atoms in total. The van der Waals surface area contributed by atoms with Gasteiger partial charge in [-0.05, 0) is 13.0 Å². The lowest BCUT2D eigenvalue weighted by atomic mass is 10.4. The van der Waals surface area contributed by atoms with E-state index >= 15 is 0 Å². The lowest BCUT2D eigenvalue weighted by Gasteiger charge is -1.99. The highest BCUT2D eigenvalue weighted by molar-refractivity contribution is 5.20. The van der Waals surface area contributed by atoms with Crippen molar-refractivity contribution in [2.75, 3.05) is 0 Å². The van der Waals surface area contributed by atoms with Crippen LogP contribution in [0.3, 0.4) is 0 Å². The Balaban J connectivity index is 2.11. The van der Waals surface area contributed by atoms with Crippen LogP contribution in [0.5, 0.6) is 11.8 Å². The third-order valence-electron chi connectivity index (χ3n) is 1.80. The van der Waals surface area contributed by atoms with Crippen molar-refractivity contribution in [3.63, 3.8) is 0 Å². The number of nitrogens with one attached hydrogen (secondary N) is 1. The maximum absolute atomic E-state index is 5.40. The highest BCUT2D eigenvalue weighted by atomic mass is 16.5. The fourth-order valence-corrected chi connectivity index (χ4v) is 1.06. The van der Waals surface area contributed by atoms with E-state index < -0.39 is 0 Å². The van der Waals surface area contributed by atoms with E-state index in [1.54, 1.807) is 18.2 Å². The molecule has 2 rings (SSSR count). The molecular formula is C9H11N5O. The van der Waals surface area contributed by atoms with Gasteiger partial charge in [-0.3, -0.25) is 5.10 Å². The first-order chi connectivity index (χ1) is 7.28. The number of nitrogens with two attached hydrogens (primary N) is 1. The molecule has 2 aromatic rings. The first kappa shape index (κ1) is 9.60. The van der Waals surface area contributed by atoms with Gasteiger partial charge in [0, 0.05) is 24.4 Å². The maximum atomic E-state index is 5.40. The molecule has 0 aromatic carbocycles. The molecule has 78 valence electrons. The SMILES string of the molecule is Cc1cc(Oc2ccc(CN)nn2)n[nH]1. The lowest BCUT2D eigenvalue weighted by Crippen LogP contribution is -2.01. The summed E-state index contributed by atoms with van der Waals surface area (Å²) in [6, 6.07) is 5.25. The third kappa shape index (κ3) is 2.29. The van der Waals surface area contributed by atoms with Crippen molar-refractivity contribution in [2.24, 2.45) is 5.73 Å². The largest absolute Gasteiger partial charge is 0.417 e. The van der Waals surface area contributed by atoms with Gasteiger partial charge in [0.1, 0.15) is 0 Å². The molecule has 15 heavy (non-hydrogen) atoms. The summed E-state index contributed by atoms with van der Waals surface area (Å²) in [5.74, 6) is 0.876. The van der Waals surface area contributed by atoms with Crippen LogP contribution in [0.25, 0.3) is 0 Å². The summed E-state index contributed by atoms with van der Waals surface area (Å²) in [7, 11) is 0. The quantitative estimate of drug-likeness (QED) is 0.772. The van der Waals surface area contributed by atoms with Gasteiger partial charge in [-0.25, -0.2) is 0 Å². The number of aromatic nitrogens is 4. The molecular weight excluding hydrogens is 194 g/mol. The molecule has 6 heteroatoms. The average Bonchev–Trinajstić information content (AvgIpc) is 2.65. The van der Waals surface area contributed by atoms with E-state index in [0.717, 1.165) is 11.4 Å². The molecule has 0 amide bonds. The van der Waals surface area contributed by atoms with Gasteiger partial charge in [0.25, 0.3) is 0 Å². The topological polar surface area (TPSA) is 89.7 Å². The second-order valence-electron chi connectivity index (χ2n) is 3.06. The summed E-state index contributed by atoms with van der Waals surface area (Å²) < 4.78 is 5.34. The molecule has 0 saturated heterocycles. The Morgan fingerprint density at radius 3 is 2.73 bits per heavy atom. The number of ether oxygens (including phenoxy) is 1. The van der Waals surface area contributed by atoms with Gasteiger partial charge >= 0.3 is 0 Å². The van der Waals surface area contributed by atoms with Crippen LogP contribution in [-0.4, -0.2) is 20.4 Å². The van der Waals surface area contributed by atoms with Crippen molar-refractivity contribution in [1.29, 1.82) is 0 Å². The fourth-order valence-electron chi connectivity index (χ4n) is 1.06. The van der Waals surface area contributed by atoms with E-state index in [4.69, 9.17) is 10.5 Å². The Morgan fingerprint density at radius 2 is 2.20 bits per heavy atom. The van der Waals surface area contributed by atoms with Gasteiger partial charge < -0.3 is 10.5 Å². The number of rotatable bonds is 3. The molecule has 0 aliphatic heterocycles. The molecule has 2 heterocycles. The second-order valence-corrected chi connectivity index (χ2v) is 3.06. The molecule has 2 aromatic heterocycles. The minimum atomic E-state index is 0.370. The lowest BCUT2D eigenvalue weighted by molar-refractivity contribution is 0.435. The third-order valence-corrected chi connectivity index (χ3v) is 1.80. The molecule has 0 fully saturated rings. The number of nitrogens with zero attached hydrogens (tertiary/aromatic N) is 3. The van der Waals surface area contributed by atoms with Gasteiger partial charge in [-0.1, -0.05) is 0 Å². The summed E-state index contributed by atoms with van der Waals surface area (Å²) in [6.07, 6.45) is 0. The molecule has 0 atom stereocenters. The maximum Gasteiger partial charge on any atom is 0.240 e. The molecule has 0 radical (unpaired) electrons. The summed E-state index contributed by atoms with van der Waals surface area (Å²) in [5, 5.41) is 14.4. The van der Waals surface area contributed by atoms with Crippen LogP contribution in [0.2, 0.25) is 0 Å². The molecule has 0 spiro atoms. The van der Waals surface area contributed by atoms with E-state index in [9.17, 15) is 0 Å². The minimum Gasteiger partial charge on any atom is -0.417 e. The van der Waals surface area contributed by atoms with E-state index in [2.05, 4.69) is 20.4 Å². The van der Waals surface area contributed by atoms with Gasteiger partial charge in [0.05, 0.1) is 5.69 Å². The van der Waals surface area contributed by atoms with Gasteiger partial charge in [0.2, 0.25) is 11.8 Å². The van der Waals surface area contributed by atoms with Crippen molar-refractivity contribution in [1.82, 2.24) is 20.4 Å². The minimum absolute atomic E-state index is 0.370. The van der Waals surface area contributed by atoms with Crippen molar-refractivity contribution in [3.8, 4) is 11.8 Å². The van der Waals surface area contributed by atoms with Crippen molar-refractivity contribution in [3.05, 3.63) is 29.6 Å². The fraction of sp³-hybridized carbons (Fsp3) is 0.222. The van der Waals surface area contributed by atoms with E-state index in [1.165, 1.54) is 0 Å². The van der Waals surface area contributed by atoms with Crippen LogP contribution in [0.1, 0.15) is 11.4 Å². The van der Waals surface area contributed by atoms with Crippen molar-refractivity contribution >= 4 is 0 Å². The average molecular weight is 205 g/mol. The Kier molecular flexibility index (Phi) is 2.59. The monoisotopic (exact) mass is 205 g/mol. The second kappa shape index (κ2) is 4.05. The van der Waals surface area contributed by atoms with Gasteiger partial charge in [0.15, 0.2) is 0 Å². The summed E-state index contributed by atoms with van der Waals surface area (Å²) in [5.41, 5.74) is 7.05. The number of aromatic amines is 1. The zero-order valence-electron chi connectivity index (χ0n) is 8.27. The predicted molar refractivity (Wildman–Crippen MR) is 53.3 cm³/mol. The Labute approximate surface area is 86.5 Å². The summed E-state index contributed by atoms with van der Waals surface area (Å²) in [6.45, 7) is 2.26. The Bertz CT molecular complexity index is 436. The number of hydrogen-bond donors (Lipinski definition) is 2. The van der Waals surface area contributed by atoms with E-state index in [0.29, 0.717) is 18.3 Å². The van der Waals surface area contributed by atoms with Crippen LogP contribution in [0, 0.1) is 6.92 Å². The van der Waals surface area contributed by atoms with Crippen LogP contribution in [-0.2, 0) is 6.54 Å². The highest BCUT2D eigenvalue weighted by Crippen LogP contribution is 2.16. The molecule has 0 saturated carbocycles. The van der Waals surface area contributed by atoms with Crippen LogP contribution < -0.4 is 10.5 Å². The number of H-pyrrole nitrogens is 1. The van der Waals surface area contributed by atoms with Crippen molar-refractivity contribution < 1.29 is 4.74 Å². The first-order valence-electron chi connectivity index (χ1n) is 4.50. The first-order valence-corrected chi connectivity index (χ1v) is 4.50. The Hall–Kier alpha value is -1.95. The molecule has 0 aliphatic carbocycles. The van der Waals surface area contributed by atoms with Gasteiger partial charge in [-0.2, -0.15) is 5.10 Å². The standard InChI is InChI=1S/C9H11N5O/c1-6-4-9(14-11-6)15-8-3-2-7(5-10)12-13-8/h2-4H,5,10H2,1H3,(H,11,14). The molecule has 0 unspecified atom stereocenters. The Morgan fingerprint density at radius 1 is 1.33 bits per heavy atom. The zero-order chi connectivity index (χ0) is 10.7. The summed E-state index contributed by atoms with van der Waals surface area (Å²) in [4.78, 5) is 0. The number of aryl methyl sites for hydroxylation is 1. The molecule has 3 N–H and O–H groups in total. The number of hydrogen-bond acceptors (Lipinski definition) is 5. The van der Waals surface area contributed by atoms with Crippen LogP contribution in [0.4, 0.5) is 0 Å². The molecule has 0 bridgehead atoms. The van der Waals surface area contributed by atoms with Crippen LogP contribution in [0.15, 0.2) is 18.2 Å². The normalized spacial score (nSPS) is 10.3. The zero-order valence-corrected chi connectivity index (χ0v) is 8.27.